The van der Waals surface area contributed by atoms with Crippen molar-refractivity contribution in [2.75, 3.05) is 6.61 Å². The van der Waals surface area contributed by atoms with E-state index in [1.165, 1.54) is 18.2 Å². The lowest BCUT2D eigenvalue weighted by Crippen LogP contribution is -2.70. The highest BCUT2D eigenvalue weighted by Gasteiger charge is 2.80. The van der Waals surface area contributed by atoms with E-state index in [1.807, 2.05) is 0 Å². The molecular weight excluding hydrogens is 558 g/mol. The molecule has 42 heavy (non-hydrogen) atoms. The average Bonchev–Trinajstić information content (AvgIpc) is 3.31. The van der Waals surface area contributed by atoms with Gasteiger partial charge in [-0.2, -0.15) is 4.39 Å². The summed E-state index contributed by atoms with van der Waals surface area (Å²) in [6.07, 6.45) is 1.64. The number of hydrogen-bond acceptors (Lipinski definition) is 9. The van der Waals surface area contributed by atoms with E-state index >= 15 is 4.39 Å². The summed E-state index contributed by atoms with van der Waals surface area (Å²) >= 11 is 0. The van der Waals surface area contributed by atoms with Gasteiger partial charge in [-0.25, -0.2) is 18.5 Å². The zero-order chi connectivity index (χ0) is 30.6. The molecule has 6 rings (SSSR count). The number of H-pyrrole nitrogens is 1. The van der Waals surface area contributed by atoms with Crippen LogP contribution in [-0.2, 0) is 23.8 Å². The third-order valence-corrected chi connectivity index (χ3v) is 10.5. The number of nitrogens with one attached hydrogen (secondary N) is 1. The van der Waals surface area contributed by atoms with Crippen LogP contribution < -0.4 is 11.2 Å². The number of fused-ring (bicyclic) bond motifs is 7. The second-order valence-electron chi connectivity index (χ2n) is 12.9. The van der Waals surface area contributed by atoms with E-state index in [4.69, 9.17) is 14.2 Å². The molecule has 0 radical (unpaired) electrons. The molecule has 8 atom stereocenters. The SMILES string of the molecule is CC1(C)O[C@@H]2CC3C4CCC5=CC(=O)C=CC5(C)[C@@]4(F)[C@@H](O)CC3(C)[C@]2(C(=O)COC(=O)n2cc(F)c(=O)[nH]c2=O)O1. The molecule has 11 nitrogen and oxygen atoms in total. The fourth-order valence-corrected chi connectivity index (χ4v) is 8.70. The first kappa shape index (κ1) is 28.8. The van der Waals surface area contributed by atoms with Crippen LogP contribution in [-0.4, -0.2) is 68.2 Å². The number of aliphatic hydroxyl groups is 1. The highest BCUT2D eigenvalue weighted by Crippen LogP contribution is 2.72. The van der Waals surface area contributed by atoms with Crippen LogP contribution in [0.4, 0.5) is 13.6 Å². The lowest BCUT2D eigenvalue weighted by atomic mass is 9.44. The molecule has 1 aliphatic heterocycles. The number of ether oxygens (including phenoxy) is 3. The van der Waals surface area contributed by atoms with Gasteiger partial charge in [-0.3, -0.25) is 19.4 Å². The number of Topliss-reactive ketones (excluding diaryl/α,β-unsaturated/α-hetero) is 1. The van der Waals surface area contributed by atoms with Gasteiger partial charge in [0, 0.05) is 16.7 Å². The maximum atomic E-state index is 17.5. The molecule has 5 aliphatic rings. The maximum Gasteiger partial charge on any atom is 0.422 e. The highest BCUT2D eigenvalue weighted by molar-refractivity contribution is 6.01. The molecule has 13 heteroatoms. The average molecular weight is 591 g/mol. The first-order valence-electron chi connectivity index (χ1n) is 13.9. The fourth-order valence-electron chi connectivity index (χ4n) is 8.70. The number of nitrogens with zero attached hydrogens (tertiary/aromatic N) is 1. The van der Waals surface area contributed by atoms with Crippen molar-refractivity contribution >= 4 is 17.7 Å². The Labute approximate surface area is 238 Å². The summed E-state index contributed by atoms with van der Waals surface area (Å²) in [7, 11) is 0. The molecule has 1 aromatic heterocycles. The summed E-state index contributed by atoms with van der Waals surface area (Å²) in [6, 6.07) is 0. The van der Waals surface area contributed by atoms with Crippen molar-refractivity contribution in [3.63, 3.8) is 0 Å². The van der Waals surface area contributed by atoms with Crippen LogP contribution in [0.2, 0.25) is 0 Å². The fraction of sp³-hybridized carbons (Fsp3) is 0.621. The van der Waals surface area contributed by atoms with Crippen molar-refractivity contribution in [3.8, 4) is 0 Å². The topological polar surface area (TPSA) is 154 Å². The van der Waals surface area contributed by atoms with Crippen molar-refractivity contribution < 1.29 is 42.5 Å². The van der Waals surface area contributed by atoms with Gasteiger partial charge in [-0.05, 0) is 64.5 Å². The van der Waals surface area contributed by atoms with Crippen LogP contribution in [0.1, 0.15) is 53.4 Å². The number of aliphatic hydroxyl groups excluding tert-OH is 1. The Balaban J connectivity index is 1.35. The van der Waals surface area contributed by atoms with Crippen LogP contribution >= 0.6 is 0 Å². The third-order valence-electron chi connectivity index (χ3n) is 10.5. The molecule has 0 aromatic carbocycles. The Morgan fingerprint density at radius 2 is 1.90 bits per heavy atom. The predicted molar refractivity (Wildman–Crippen MR) is 140 cm³/mol. The maximum absolute atomic E-state index is 17.5. The normalized spacial score (nSPS) is 41.3. The first-order chi connectivity index (χ1) is 19.5. The van der Waals surface area contributed by atoms with Crippen molar-refractivity contribution in [1.82, 2.24) is 9.55 Å². The molecule has 2 heterocycles. The van der Waals surface area contributed by atoms with Gasteiger partial charge in [0.05, 0.1) is 18.4 Å². The van der Waals surface area contributed by atoms with Gasteiger partial charge < -0.3 is 19.3 Å². The molecule has 0 spiro atoms. The first-order valence-corrected chi connectivity index (χ1v) is 13.9. The number of aromatic nitrogens is 2. The minimum Gasteiger partial charge on any atom is -0.441 e. The number of carbonyl (C=O) groups is 3. The lowest BCUT2D eigenvalue weighted by Gasteiger charge is -2.62. The number of aromatic amines is 1. The van der Waals surface area contributed by atoms with E-state index in [0.717, 1.165) is 0 Å². The van der Waals surface area contributed by atoms with Crippen molar-refractivity contribution in [2.45, 2.75) is 82.6 Å². The summed E-state index contributed by atoms with van der Waals surface area (Å²) in [5, 5.41) is 11.6. The summed E-state index contributed by atoms with van der Waals surface area (Å²) in [5.41, 5.74) is -8.23. The quantitative estimate of drug-likeness (QED) is 0.539. The van der Waals surface area contributed by atoms with Crippen LogP contribution in [0.25, 0.3) is 0 Å². The Morgan fingerprint density at radius 1 is 1.19 bits per heavy atom. The third kappa shape index (κ3) is 3.56. The molecule has 0 amide bonds. The molecule has 1 aromatic rings. The standard InChI is InChI=1S/C29H32F2N2O9/c1-25(2)41-21-10-17-16-6-5-14-9-15(34)7-8-26(14,3)28(16,31)19(35)11-27(17,4)29(21,42-25)20(36)13-40-24(39)33-12-18(30)22(37)32-23(33)38/h7-9,12,16-17,19,21,35H,5-6,10-11,13H2,1-4H3,(H,32,37,38)/t16?,17?,19-,21+,26?,27?,28-,29+/m0/s1. The molecule has 4 aliphatic carbocycles. The largest absolute Gasteiger partial charge is 0.441 e. The van der Waals surface area contributed by atoms with Gasteiger partial charge >= 0.3 is 11.8 Å². The van der Waals surface area contributed by atoms with Crippen LogP contribution in [0.3, 0.4) is 0 Å². The molecule has 4 unspecified atom stereocenters. The van der Waals surface area contributed by atoms with E-state index in [0.29, 0.717) is 24.6 Å². The summed E-state index contributed by atoms with van der Waals surface area (Å²) in [4.78, 5) is 63.7. The number of hydrogen-bond donors (Lipinski definition) is 2. The molecule has 226 valence electrons. The summed E-state index contributed by atoms with van der Waals surface area (Å²) in [6.45, 7) is 5.78. The van der Waals surface area contributed by atoms with Gasteiger partial charge in [-0.15, -0.1) is 0 Å². The number of allylic oxidation sites excluding steroid dienone is 4. The number of halogens is 2. The molecule has 0 bridgehead atoms. The Bertz CT molecular complexity index is 1600. The highest BCUT2D eigenvalue weighted by atomic mass is 19.1. The van der Waals surface area contributed by atoms with E-state index in [-0.39, 0.29) is 23.2 Å². The van der Waals surface area contributed by atoms with Crippen LogP contribution in [0.15, 0.2) is 39.6 Å². The summed E-state index contributed by atoms with van der Waals surface area (Å²) < 4.78 is 49.0. The Morgan fingerprint density at radius 3 is 2.62 bits per heavy atom. The minimum absolute atomic E-state index is 0.185. The van der Waals surface area contributed by atoms with Gasteiger partial charge in [0.15, 0.2) is 29.4 Å². The second kappa shape index (κ2) is 8.87. The van der Waals surface area contributed by atoms with Gasteiger partial charge in [0.2, 0.25) is 11.6 Å². The summed E-state index contributed by atoms with van der Waals surface area (Å²) in [5.74, 6) is -4.81. The zero-order valence-corrected chi connectivity index (χ0v) is 23.6. The smallest absolute Gasteiger partial charge is 0.422 e. The van der Waals surface area contributed by atoms with Crippen molar-refractivity contribution in [3.05, 3.63) is 56.7 Å². The van der Waals surface area contributed by atoms with E-state index in [1.54, 1.807) is 32.7 Å². The Kier molecular flexibility index (Phi) is 6.08. The molecule has 3 saturated carbocycles. The van der Waals surface area contributed by atoms with Crippen molar-refractivity contribution in [2.24, 2.45) is 22.7 Å². The van der Waals surface area contributed by atoms with Gasteiger partial charge in [0.25, 0.3) is 5.56 Å². The number of alkyl halides is 1. The molecular formula is C29H32F2N2O9. The van der Waals surface area contributed by atoms with E-state index < -0.39 is 87.5 Å². The van der Waals surface area contributed by atoms with Gasteiger partial charge in [-0.1, -0.05) is 18.6 Å². The predicted octanol–water partition coefficient (Wildman–Crippen LogP) is 2.10. The van der Waals surface area contributed by atoms with E-state index in [9.17, 15) is 33.5 Å². The molecule has 4 fully saturated rings. The van der Waals surface area contributed by atoms with Gasteiger partial charge in [0.1, 0.15) is 0 Å². The van der Waals surface area contributed by atoms with E-state index in [2.05, 4.69) is 0 Å². The van der Waals surface area contributed by atoms with Crippen molar-refractivity contribution in [1.29, 1.82) is 0 Å². The number of ketones is 2. The number of rotatable bonds is 3. The van der Waals surface area contributed by atoms with Crippen LogP contribution in [0.5, 0.6) is 0 Å². The molecule has 2 N–H and O–H groups in total. The van der Waals surface area contributed by atoms with Crippen LogP contribution in [0, 0.1) is 28.5 Å². The molecule has 1 saturated heterocycles. The Hall–Kier alpha value is -3.29. The lowest BCUT2D eigenvalue weighted by molar-refractivity contribution is -0.246. The monoisotopic (exact) mass is 590 g/mol. The second-order valence-corrected chi connectivity index (χ2v) is 12.9. The zero-order valence-electron chi connectivity index (χ0n) is 23.6. The minimum atomic E-state index is -2.14. The number of carbonyl (C=O) groups excluding carboxylic acids is 3.